The summed E-state index contributed by atoms with van der Waals surface area (Å²) in [6.07, 6.45) is 10.9. The quantitative estimate of drug-likeness (QED) is 0.213. The molecule has 3 heteroatoms. The van der Waals surface area contributed by atoms with Gasteiger partial charge in [0.15, 0.2) is 0 Å². The number of allylic oxidation sites excluding steroid dienone is 3. The summed E-state index contributed by atoms with van der Waals surface area (Å²) in [6, 6.07) is 29.0. The first-order valence-electron chi connectivity index (χ1n) is 13.5. The van der Waals surface area contributed by atoms with E-state index in [1.54, 1.807) is 0 Å². The molecule has 1 aliphatic carbocycles. The van der Waals surface area contributed by atoms with Gasteiger partial charge in [-0.1, -0.05) is 90.0 Å². The molecule has 1 aromatic heterocycles. The SMILES string of the molecule is Cc1ccc2c3ccc(C)cc3c3nc(-c4ccc(-c5ccc6c(c5)C5C=CC=CC5S6)cc4)cnc3c2c1. The van der Waals surface area contributed by atoms with Crippen molar-refractivity contribution in [2.24, 2.45) is 0 Å². The molecule has 5 aromatic carbocycles. The number of aryl methyl sites for hydroxylation is 2. The molecule has 2 atom stereocenters. The lowest BCUT2D eigenvalue weighted by atomic mass is 9.90. The van der Waals surface area contributed by atoms with Gasteiger partial charge in [-0.25, -0.2) is 4.98 Å². The number of hydrogen-bond donors (Lipinski definition) is 0. The molecular formula is C36H26N2S. The van der Waals surface area contributed by atoms with Gasteiger partial charge in [0.2, 0.25) is 0 Å². The Morgan fingerprint density at radius 3 is 2.05 bits per heavy atom. The molecule has 0 fully saturated rings. The molecule has 2 nitrogen and oxygen atoms in total. The van der Waals surface area contributed by atoms with Gasteiger partial charge in [0.1, 0.15) is 0 Å². The summed E-state index contributed by atoms with van der Waals surface area (Å²) in [6.45, 7) is 4.27. The van der Waals surface area contributed by atoms with Crippen molar-refractivity contribution in [1.82, 2.24) is 9.97 Å². The summed E-state index contributed by atoms with van der Waals surface area (Å²) < 4.78 is 0. The fraction of sp³-hybridized carbons (Fsp3) is 0.111. The molecule has 8 rings (SSSR count). The minimum atomic E-state index is 0.473. The maximum absolute atomic E-state index is 5.21. The topological polar surface area (TPSA) is 25.8 Å². The first-order chi connectivity index (χ1) is 19.1. The number of benzene rings is 5. The van der Waals surface area contributed by atoms with Crippen molar-refractivity contribution < 1.29 is 0 Å². The third-order valence-electron chi connectivity index (χ3n) is 8.15. The van der Waals surface area contributed by atoms with E-state index in [0.717, 1.165) is 33.1 Å². The van der Waals surface area contributed by atoms with Gasteiger partial charge in [-0.05, 0) is 65.6 Å². The van der Waals surface area contributed by atoms with Gasteiger partial charge in [-0.2, -0.15) is 0 Å². The number of hydrogen-bond acceptors (Lipinski definition) is 3. The highest BCUT2D eigenvalue weighted by atomic mass is 32.2. The average Bonchev–Trinajstić information content (AvgIpc) is 3.35. The highest BCUT2D eigenvalue weighted by Gasteiger charge is 2.31. The Morgan fingerprint density at radius 2 is 1.28 bits per heavy atom. The van der Waals surface area contributed by atoms with Crippen LogP contribution >= 0.6 is 11.8 Å². The van der Waals surface area contributed by atoms with Crippen LogP contribution in [0.2, 0.25) is 0 Å². The summed E-state index contributed by atoms with van der Waals surface area (Å²) >= 11 is 1.97. The van der Waals surface area contributed by atoms with E-state index in [2.05, 4.69) is 117 Å². The highest BCUT2D eigenvalue weighted by Crippen LogP contribution is 2.49. The Labute approximate surface area is 232 Å². The lowest BCUT2D eigenvalue weighted by molar-refractivity contribution is 0.881. The van der Waals surface area contributed by atoms with E-state index < -0.39 is 0 Å². The number of aromatic nitrogens is 2. The zero-order chi connectivity index (χ0) is 26.1. The Balaban J connectivity index is 1.22. The van der Waals surface area contributed by atoms with E-state index in [4.69, 9.17) is 9.97 Å². The Bertz CT molecular complexity index is 2020. The van der Waals surface area contributed by atoms with Crippen LogP contribution in [0.15, 0.2) is 114 Å². The van der Waals surface area contributed by atoms with Crippen LogP contribution in [-0.2, 0) is 0 Å². The summed E-state index contributed by atoms with van der Waals surface area (Å²) in [5.74, 6) is 0.473. The lowest BCUT2D eigenvalue weighted by Crippen LogP contribution is -2.06. The van der Waals surface area contributed by atoms with Gasteiger partial charge < -0.3 is 0 Å². The predicted octanol–water partition coefficient (Wildman–Crippen LogP) is 9.57. The molecule has 0 spiro atoms. The third-order valence-corrected chi connectivity index (χ3v) is 9.50. The van der Waals surface area contributed by atoms with Crippen molar-refractivity contribution in [3.05, 3.63) is 126 Å². The summed E-state index contributed by atoms with van der Waals surface area (Å²) in [7, 11) is 0. The zero-order valence-electron chi connectivity index (χ0n) is 21.8. The van der Waals surface area contributed by atoms with Crippen molar-refractivity contribution in [1.29, 1.82) is 0 Å². The van der Waals surface area contributed by atoms with E-state index in [1.165, 1.54) is 43.5 Å². The van der Waals surface area contributed by atoms with Crippen LogP contribution in [0.25, 0.3) is 55.0 Å². The van der Waals surface area contributed by atoms with E-state index in [0.29, 0.717) is 11.2 Å². The number of thioether (sulfide) groups is 1. The number of fused-ring (bicyclic) bond motifs is 9. The molecular weight excluding hydrogens is 492 g/mol. The van der Waals surface area contributed by atoms with Crippen molar-refractivity contribution in [3.8, 4) is 22.4 Å². The normalized spacial score (nSPS) is 17.7. The standard InChI is InChI=1S/C36H26N2S/c1-21-7-14-26-27-15-8-22(2)18-31(27)36-35(30(26)17-21)37-20-32(38-36)24-11-9-23(10-12-24)25-13-16-34-29(19-25)28-5-3-4-6-33(28)39-34/h3-20,28,33H,1-2H3. The second-order valence-corrected chi connectivity index (χ2v) is 12.0. The Kier molecular flexibility index (Phi) is 5.05. The molecule has 1 aliphatic heterocycles. The molecule has 0 amide bonds. The van der Waals surface area contributed by atoms with E-state index >= 15 is 0 Å². The molecule has 39 heavy (non-hydrogen) atoms. The van der Waals surface area contributed by atoms with Crippen LogP contribution in [-0.4, -0.2) is 15.2 Å². The molecule has 2 aliphatic rings. The summed E-state index contributed by atoms with van der Waals surface area (Å²) in [5.41, 5.74) is 10.3. The van der Waals surface area contributed by atoms with Crippen LogP contribution in [0.3, 0.4) is 0 Å². The van der Waals surface area contributed by atoms with Gasteiger partial charge >= 0.3 is 0 Å². The van der Waals surface area contributed by atoms with Gasteiger partial charge in [-0.3, -0.25) is 4.98 Å². The van der Waals surface area contributed by atoms with Crippen molar-refractivity contribution >= 4 is 44.3 Å². The van der Waals surface area contributed by atoms with E-state index in [-0.39, 0.29) is 0 Å². The smallest absolute Gasteiger partial charge is 0.0979 e. The van der Waals surface area contributed by atoms with Crippen molar-refractivity contribution in [2.75, 3.05) is 0 Å². The van der Waals surface area contributed by atoms with Crippen LogP contribution in [0.1, 0.15) is 22.6 Å². The maximum atomic E-state index is 5.21. The van der Waals surface area contributed by atoms with Crippen LogP contribution in [0, 0.1) is 13.8 Å². The molecule has 2 heterocycles. The molecule has 6 aromatic rings. The molecule has 0 saturated carbocycles. The fourth-order valence-corrected chi connectivity index (χ4v) is 7.47. The van der Waals surface area contributed by atoms with Crippen LogP contribution in [0.4, 0.5) is 0 Å². The first kappa shape index (κ1) is 22.7. The first-order valence-corrected chi connectivity index (χ1v) is 14.4. The highest BCUT2D eigenvalue weighted by molar-refractivity contribution is 8.00. The molecule has 186 valence electrons. The monoisotopic (exact) mass is 518 g/mol. The van der Waals surface area contributed by atoms with Crippen molar-refractivity contribution in [2.45, 2.75) is 29.9 Å². The van der Waals surface area contributed by atoms with Gasteiger partial charge in [0, 0.05) is 32.4 Å². The molecule has 0 N–H and O–H groups in total. The van der Waals surface area contributed by atoms with E-state index in [1.807, 2.05) is 18.0 Å². The number of rotatable bonds is 2. The average molecular weight is 519 g/mol. The summed E-state index contributed by atoms with van der Waals surface area (Å²) in [4.78, 5) is 11.6. The fourth-order valence-electron chi connectivity index (χ4n) is 6.15. The predicted molar refractivity (Wildman–Crippen MR) is 166 cm³/mol. The minimum absolute atomic E-state index is 0.473. The zero-order valence-corrected chi connectivity index (χ0v) is 22.7. The number of nitrogens with zero attached hydrogens (tertiary/aromatic N) is 2. The van der Waals surface area contributed by atoms with Gasteiger partial charge in [0.05, 0.1) is 22.9 Å². The molecule has 0 bridgehead atoms. The third kappa shape index (κ3) is 3.65. The molecule has 2 unspecified atom stereocenters. The van der Waals surface area contributed by atoms with Crippen LogP contribution < -0.4 is 0 Å². The minimum Gasteiger partial charge on any atom is -0.252 e. The van der Waals surface area contributed by atoms with Crippen LogP contribution in [0.5, 0.6) is 0 Å². The summed E-state index contributed by atoms with van der Waals surface area (Å²) in [5, 5.41) is 5.30. The Morgan fingerprint density at radius 1 is 0.615 bits per heavy atom. The largest absolute Gasteiger partial charge is 0.252 e. The Hall–Kier alpha value is -4.21. The molecule has 0 saturated heterocycles. The molecule has 0 radical (unpaired) electrons. The van der Waals surface area contributed by atoms with Gasteiger partial charge in [-0.15, -0.1) is 11.8 Å². The van der Waals surface area contributed by atoms with Gasteiger partial charge in [0.25, 0.3) is 0 Å². The lowest BCUT2D eigenvalue weighted by Gasteiger charge is -2.15. The second-order valence-electron chi connectivity index (χ2n) is 10.8. The van der Waals surface area contributed by atoms with Crippen molar-refractivity contribution in [3.63, 3.8) is 0 Å². The second kappa shape index (κ2) is 8.65. The maximum Gasteiger partial charge on any atom is 0.0979 e. The van der Waals surface area contributed by atoms with E-state index in [9.17, 15) is 0 Å².